The fourth-order valence-electron chi connectivity index (χ4n) is 4.79. The van der Waals surface area contributed by atoms with Crippen molar-refractivity contribution in [2.24, 2.45) is 5.41 Å². The maximum Gasteiger partial charge on any atom is 0.259 e. The zero-order valence-corrected chi connectivity index (χ0v) is 20.7. The summed E-state index contributed by atoms with van der Waals surface area (Å²) < 4.78 is 5.57. The van der Waals surface area contributed by atoms with Crippen LogP contribution in [0.2, 0.25) is 0 Å². The minimum Gasteiger partial charge on any atom is -0.464 e. The summed E-state index contributed by atoms with van der Waals surface area (Å²) in [4.78, 5) is 20.6. The summed E-state index contributed by atoms with van der Waals surface area (Å²) >= 11 is 0. The number of hydrogen-bond acceptors (Lipinski definition) is 6. The molecule has 35 heavy (non-hydrogen) atoms. The largest absolute Gasteiger partial charge is 0.464 e. The van der Waals surface area contributed by atoms with Crippen molar-refractivity contribution < 1.29 is 14.3 Å². The van der Waals surface area contributed by atoms with Crippen LogP contribution in [0.25, 0.3) is 11.3 Å². The summed E-state index contributed by atoms with van der Waals surface area (Å²) in [6.07, 6.45) is 6.56. The van der Waals surface area contributed by atoms with Gasteiger partial charge >= 0.3 is 0 Å². The molecule has 1 aliphatic heterocycles. The van der Waals surface area contributed by atoms with Crippen LogP contribution in [0, 0.1) is 12.3 Å². The van der Waals surface area contributed by atoms with E-state index >= 15 is 0 Å². The van der Waals surface area contributed by atoms with Crippen LogP contribution in [0.1, 0.15) is 55.5 Å². The third-order valence-electron chi connectivity index (χ3n) is 7.34. The van der Waals surface area contributed by atoms with Gasteiger partial charge in [0, 0.05) is 24.3 Å². The maximum absolute atomic E-state index is 13.5. The third kappa shape index (κ3) is 5.05. The zero-order chi connectivity index (χ0) is 24.6. The minimum absolute atomic E-state index is 0.0239. The molecule has 5 rings (SSSR count). The topological polar surface area (TPSA) is 90.6 Å². The van der Waals surface area contributed by atoms with E-state index in [0.717, 1.165) is 42.8 Å². The second-order valence-electron chi connectivity index (χ2n) is 10.7. The van der Waals surface area contributed by atoms with Gasteiger partial charge in [0.2, 0.25) is 0 Å². The molecule has 0 bridgehead atoms. The van der Waals surface area contributed by atoms with Crippen molar-refractivity contribution in [2.75, 3.05) is 35.2 Å². The Morgan fingerprint density at radius 2 is 1.91 bits per heavy atom. The van der Waals surface area contributed by atoms with Crippen LogP contribution in [0.15, 0.2) is 53.1 Å². The Balaban J connectivity index is 1.42. The van der Waals surface area contributed by atoms with E-state index in [1.54, 1.807) is 6.26 Å². The van der Waals surface area contributed by atoms with E-state index in [1.165, 1.54) is 12.8 Å². The molecular formula is C28H34N4O3. The third-order valence-corrected chi connectivity index (χ3v) is 7.34. The monoisotopic (exact) mass is 474 g/mol. The van der Waals surface area contributed by atoms with Crippen molar-refractivity contribution >= 4 is 23.2 Å². The molecule has 1 saturated heterocycles. The summed E-state index contributed by atoms with van der Waals surface area (Å²) in [6, 6.07) is 13.2. The fraction of sp³-hybridized carbons (Fsp3) is 0.429. The molecule has 184 valence electrons. The summed E-state index contributed by atoms with van der Waals surface area (Å²) in [7, 11) is 0. The van der Waals surface area contributed by atoms with Crippen molar-refractivity contribution in [1.29, 1.82) is 0 Å². The lowest BCUT2D eigenvalue weighted by molar-refractivity contribution is 0.102. The maximum atomic E-state index is 13.5. The van der Waals surface area contributed by atoms with Crippen LogP contribution in [0.3, 0.4) is 0 Å². The Morgan fingerprint density at radius 3 is 2.57 bits per heavy atom. The van der Waals surface area contributed by atoms with E-state index in [4.69, 9.17) is 9.40 Å². The number of nitrogens with one attached hydrogen (secondary N) is 2. The summed E-state index contributed by atoms with van der Waals surface area (Å²) in [5.74, 6) is 1.92. The zero-order valence-electron chi connectivity index (χ0n) is 20.7. The Bertz CT molecular complexity index is 1200. The Morgan fingerprint density at radius 1 is 1.14 bits per heavy atom. The van der Waals surface area contributed by atoms with Crippen molar-refractivity contribution in [3.63, 3.8) is 0 Å². The van der Waals surface area contributed by atoms with Gasteiger partial charge in [0.25, 0.3) is 5.91 Å². The highest BCUT2D eigenvalue weighted by molar-refractivity contribution is 6.08. The fourth-order valence-corrected chi connectivity index (χ4v) is 4.79. The molecule has 0 unspecified atom stereocenters. The number of aliphatic hydroxyl groups excluding tert-OH is 1. The van der Waals surface area contributed by atoms with Gasteiger partial charge in [0.15, 0.2) is 0 Å². The van der Waals surface area contributed by atoms with Gasteiger partial charge in [-0.15, -0.1) is 0 Å². The molecular weight excluding hydrogens is 440 g/mol. The first-order valence-corrected chi connectivity index (χ1v) is 12.4. The lowest BCUT2D eigenvalue weighted by Gasteiger charge is -2.34. The summed E-state index contributed by atoms with van der Waals surface area (Å²) in [6.45, 7) is 7.63. The quantitative estimate of drug-likeness (QED) is 0.421. The van der Waals surface area contributed by atoms with E-state index in [-0.39, 0.29) is 12.5 Å². The van der Waals surface area contributed by atoms with Gasteiger partial charge in [-0.3, -0.25) is 4.79 Å². The van der Waals surface area contributed by atoms with Crippen LogP contribution < -0.4 is 15.5 Å². The second kappa shape index (κ2) is 9.04. The number of anilines is 3. The molecule has 2 aliphatic rings. The normalized spacial score (nSPS) is 16.9. The molecule has 1 aliphatic carbocycles. The number of benzene rings is 1. The number of furan rings is 1. The number of piperidine rings is 1. The van der Waals surface area contributed by atoms with E-state index < -0.39 is 5.54 Å². The highest BCUT2D eigenvalue weighted by Gasteiger charge is 2.45. The van der Waals surface area contributed by atoms with Crippen molar-refractivity contribution in [3.05, 3.63) is 59.9 Å². The number of aliphatic hydroxyl groups is 1. The standard InChI is InChI=1S/C28H34N4O3/c1-19-6-7-20(17-22(19)23-5-4-16-35-23)29-26(34)21-8-9-24(31-27(2,3)18-33)30-25(21)32-14-12-28(10-11-28)13-15-32/h4-9,16-17,33H,10-15,18H2,1-3H3,(H,29,34)(H,30,31). The molecule has 1 spiro atoms. The average Bonchev–Trinajstić information content (AvgIpc) is 3.37. The van der Waals surface area contributed by atoms with Gasteiger partial charge in [0.1, 0.15) is 17.4 Å². The number of amides is 1. The number of rotatable bonds is 7. The Kier molecular flexibility index (Phi) is 6.05. The first kappa shape index (κ1) is 23.4. The van der Waals surface area contributed by atoms with Gasteiger partial charge in [-0.1, -0.05) is 6.07 Å². The Labute approximate surface area is 206 Å². The number of hydrogen-bond donors (Lipinski definition) is 3. The highest BCUT2D eigenvalue weighted by atomic mass is 16.3. The molecule has 2 fully saturated rings. The molecule has 7 heteroatoms. The summed E-state index contributed by atoms with van der Waals surface area (Å²) in [5, 5.41) is 16.0. The van der Waals surface area contributed by atoms with Crippen molar-refractivity contribution in [2.45, 2.75) is 52.0 Å². The minimum atomic E-state index is -0.516. The molecule has 1 aromatic carbocycles. The molecule has 3 aromatic rings. The molecule has 3 heterocycles. The SMILES string of the molecule is Cc1ccc(NC(=O)c2ccc(NC(C)(C)CO)nc2N2CCC3(CC2)CC3)cc1-c1ccco1. The van der Waals surface area contributed by atoms with Crippen LogP contribution in [-0.2, 0) is 0 Å². The van der Waals surface area contributed by atoms with Crippen LogP contribution in [0.5, 0.6) is 0 Å². The van der Waals surface area contributed by atoms with Crippen LogP contribution in [-0.4, -0.2) is 41.2 Å². The number of pyridine rings is 1. The molecule has 3 N–H and O–H groups in total. The van der Waals surface area contributed by atoms with Crippen LogP contribution in [0.4, 0.5) is 17.3 Å². The first-order valence-electron chi connectivity index (χ1n) is 12.4. The predicted octanol–water partition coefficient (Wildman–Crippen LogP) is 5.47. The number of aromatic nitrogens is 1. The number of carbonyl (C=O) groups is 1. The lowest BCUT2D eigenvalue weighted by atomic mass is 9.93. The van der Waals surface area contributed by atoms with E-state index in [0.29, 0.717) is 28.3 Å². The van der Waals surface area contributed by atoms with E-state index in [9.17, 15) is 9.90 Å². The van der Waals surface area contributed by atoms with E-state index in [1.807, 2.05) is 63.2 Å². The number of aryl methyl sites for hydroxylation is 1. The van der Waals surface area contributed by atoms with Crippen molar-refractivity contribution in [1.82, 2.24) is 4.98 Å². The predicted molar refractivity (Wildman–Crippen MR) is 139 cm³/mol. The second-order valence-corrected chi connectivity index (χ2v) is 10.7. The number of carbonyl (C=O) groups excluding carboxylic acids is 1. The molecule has 0 atom stereocenters. The molecule has 0 radical (unpaired) electrons. The van der Waals surface area contributed by atoms with Gasteiger partial charge in [-0.05, 0) is 93.8 Å². The Hall–Kier alpha value is -3.32. The molecule has 1 amide bonds. The van der Waals surface area contributed by atoms with Gasteiger partial charge in [-0.2, -0.15) is 0 Å². The average molecular weight is 475 g/mol. The van der Waals surface area contributed by atoms with E-state index in [2.05, 4.69) is 15.5 Å². The highest BCUT2D eigenvalue weighted by Crippen LogP contribution is 2.54. The molecule has 1 saturated carbocycles. The first-order chi connectivity index (χ1) is 16.8. The van der Waals surface area contributed by atoms with Gasteiger partial charge in [0.05, 0.1) is 24.0 Å². The summed E-state index contributed by atoms with van der Waals surface area (Å²) in [5.41, 5.74) is 3.28. The lowest BCUT2D eigenvalue weighted by Crippen LogP contribution is -2.38. The van der Waals surface area contributed by atoms with Crippen molar-refractivity contribution in [3.8, 4) is 11.3 Å². The van der Waals surface area contributed by atoms with Gasteiger partial charge in [-0.25, -0.2) is 4.98 Å². The number of nitrogens with zero attached hydrogens (tertiary/aromatic N) is 2. The molecule has 2 aromatic heterocycles. The smallest absolute Gasteiger partial charge is 0.259 e. The van der Waals surface area contributed by atoms with Crippen LogP contribution >= 0.6 is 0 Å². The van der Waals surface area contributed by atoms with Gasteiger partial charge < -0.3 is 25.1 Å². The molecule has 7 nitrogen and oxygen atoms in total.